The fourth-order valence-corrected chi connectivity index (χ4v) is 2.08. The molecule has 86 valence electrons. The van der Waals surface area contributed by atoms with Gasteiger partial charge >= 0.3 is 0 Å². The molecule has 0 fully saturated rings. The Balaban J connectivity index is 2.90. The Labute approximate surface area is 105 Å². The maximum atomic E-state index is 12.0. The van der Waals surface area contributed by atoms with Gasteiger partial charge in [0.2, 0.25) is 0 Å². The fraction of sp³-hybridized carbons (Fsp3) is 0.273. The summed E-state index contributed by atoms with van der Waals surface area (Å²) in [6.07, 6.45) is 1.83. The first kappa shape index (κ1) is 12.9. The number of nitrogens with one attached hydrogen (secondary N) is 1. The van der Waals surface area contributed by atoms with Crippen molar-refractivity contribution in [1.29, 1.82) is 0 Å². The van der Waals surface area contributed by atoms with Gasteiger partial charge in [-0.05, 0) is 24.4 Å². The van der Waals surface area contributed by atoms with E-state index in [2.05, 4.69) is 5.32 Å². The number of nitrogens with zero attached hydrogens (tertiary/aromatic N) is 1. The lowest BCUT2D eigenvalue weighted by Gasteiger charge is -2.16. The molecule has 0 unspecified atom stereocenters. The molecular formula is C11H14N2OS2. The summed E-state index contributed by atoms with van der Waals surface area (Å²) in [5.74, 6) is -0.103. The number of likely N-dealkylation sites (N-methyl/N-ethyl adjacent to an activating group) is 2. The largest absolute Gasteiger partial charge is 0.384 e. The van der Waals surface area contributed by atoms with Crippen molar-refractivity contribution < 1.29 is 4.79 Å². The SMILES string of the molecule is CCN(C=S)C(=O)/C(=C/c1cccs1)NC. The highest BCUT2D eigenvalue weighted by atomic mass is 32.1. The van der Waals surface area contributed by atoms with Crippen LogP contribution in [0.5, 0.6) is 0 Å². The Morgan fingerprint density at radius 1 is 1.69 bits per heavy atom. The Morgan fingerprint density at radius 3 is 2.88 bits per heavy atom. The van der Waals surface area contributed by atoms with Gasteiger partial charge in [-0.15, -0.1) is 11.3 Å². The third-order valence-electron chi connectivity index (χ3n) is 2.06. The molecule has 3 nitrogen and oxygen atoms in total. The zero-order valence-corrected chi connectivity index (χ0v) is 10.9. The summed E-state index contributed by atoms with van der Waals surface area (Å²) in [4.78, 5) is 14.5. The average Bonchev–Trinajstić information content (AvgIpc) is 2.80. The molecule has 16 heavy (non-hydrogen) atoms. The van der Waals surface area contributed by atoms with Gasteiger partial charge < -0.3 is 10.2 Å². The van der Waals surface area contributed by atoms with E-state index in [0.29, 0.717) is 12.2 Å². The van der Waals surface area contributed by atoms with Crippen molar-refractivity contribution in [3.8, 4) is 0 Å². The molecule has 0 aromatic carbocycles. The van der Waals surface area contributed by atoms with E-state index >= 15 is 0 Å². The summed E-state index contributed by atoms with van der Waals surface area (Å²) in [6.45, 7) is 2.46. The molecule has 1 aromatic rings. The number of hydrogen-bond donors (Lipinski definition) is 1. The maximum absolute atomic E-state index is 12.0. The monoisotopic (exact) mass is 254 g/mol. The predicted molar refractivity (Wildman–Crippen MR) is 72.4 cm³/mol. The summed E-state index contributed by atoms with van der Waals surface area (Å²) >= 11 is 6.38. The van der Waals surface area contributed by atoms with Crippen molar-refractivity contribution in [2.75, 3.05) is 13.6 Å². The molecule has 0 aliphatic heterocycles. The van der Waals surface area contributed by atoms with E-state index in [1.54, 1.807) is 18.4 Å². The highest BCUT2D eigenvalue weighted by Crippen LogP contribution is 2.13. The summed E-state index contributed by atoms with van der Waals surface area (Å²) in [5, 5.41) is 4.87. The molecule has 1 N–H and O–H groups in total. The minimum absolute atomic E-state index is 0.103. The number of thiophene rings is 1. The number of hydrogen-bond acceptors (Lipinski definition) is 4. The first-order valence-corrected chi connectivity index (χ1v) is 6.27. The lowest BCUT2D eigenvalue weighted by atomic mass is 10.3. The lowest BCUT2D eigenvalue weighted by Crippen LogP contribution is -2.33. The summed E-state index contributed by atoms with van der Waals surface area (Å²) < 4.78 is 0. The molecule has 0 atom stereocenters. The first-order chi connectivity index (χ1) is 7.72. The van der Waals surface area contributed by atoms with Gasteiger partial charge in [-0.2, -0.15) is 0 Å². The van der Waals surface area contributed by atoms with Crippen molar-refractivity contribution in [2.45, 2.75) is 6.92 Å². The molecule has 0 aliphatic carbocycles. The average molecular weight is 254 g/mol. The van der Waals surface area contributed by atoms with Crippen LogP contribution in [-0.2, 0) is 4.79 Å². The van der Waals surface area contributed by atoms with Gasteiger partial charge in [0.25, 0.3) is 5.91 Å². The van der Waals surface area contributed by atoms with Crippen LogP contribution in [0.1, 0.15) is 11.8 Å². The smallest absolute Gasteiger partial charge is 0.274 e. The third-order valence-corrected chi connectivity index (χ3v) is 3.13. The van der Waals surface area contributed by atoms with E-state index < -0.39 is 0 Å². The molecule has 1 rings (SSSR count). The van der Waals surface area contributed by atoms with Crippen molar-refractivity contribution in [3.05, 3.63) is 28.1 Å². The first-order valence-electron chi connectivity index (χ1n) is 4.92. The van der Waals surface area contributed by atoms with E-state index in [1.807, 2.05) is 30.5 Å². The van der Waals surface area contributed by atoms with Gasteiger partial charge in [0, 0.05) is 18.5 Å². The van der Waals surface area contributed by atoms with Gasteiger partial charge in [-0.25, -0.2) is 0 Å². The number of rotatable bonds is 5. The maximum Gasteiger partial charge on any atom is 0.274 e. The highest BCUT2D eigenvalue weighted by Gasteiger charge is 2.13. The Bertz CT molecular complexity index is 385. The molecule has 1 amide bonds. The second-order valence-electron chi connectivity index (χ2n) is 3.02. The van der Waals surface area contributed by atoms with E-state index in [1.165, 1.54) is 10.4 Å². The van der Waals surface area contributed by atoms with Gasteiger partial charge in [0.1, 0.15) is 5.70 Å². The molecule has 0 spiro atoms. The van der Waals surface area contributed by atoms with Crippen LogP contribution in [0.15, 0.2) is 23.2 Å². The molecule has 0 bridgehead atoms. The third kappa shape index (κ3) is 3.15. The lowest BCUT2D eigenvalue weighted by molar-refractivity contribution is -0.123. The van der Waals surface area contributed by atoms with Crippen LogP contribution in [0.4, 0.5) is 0 Å². The summed E-state index contributed by atoms with van der Waals surface area (Å²) in [5.41, 5.74) is 1.92. The second kappa shape index (κ2) is 6.40. The van der Waals surface area contributed by atoms with Crippen LogP contribution >= 0.6 is 23.6 Å². The topological polar surface area (TPSA) is 32.3 Å². The zero-order valence-electron chi connectivity index (χ0n) is 9.27. The van der Waals surface area contributed by atoms with Gasteiger partial charge in [-0.1, -0.05) is 18.3 Å². The Morgan fingerprint density at radius 2 is 2.44 bits per heavy atom. The molecule has 5 heteroatoms. The molecule has 0 radical (unpaired) electrons. The number of thiocarbonyl (C=S) groups is 1. The normalized spacial score (nSPS) is 11.0. The minimum atomic E-state index is -0.103. The molecule has 1 heterocycles. The Kier molecular flexibility index (Phi) is 5.14. The molecule has 0 saturated heterocycles. The molecule has 0 saturated carbocycles. The standard InChI is InChI=1S/C11H14N2OS2/c1-3-13(8-15)11(14)10(12-2)7-9-5-4-6-16-9/h4-8,12H,3H2,1-2H3/b10-7-. The van der Waals surface area contributed by atoms with Gasteiger partial charge in [0.05, 0.1) is 5.49 Å². The van der Waals surface area contributed by atoms with Gasteiger partial charge in [0.15, 0.2) is 0 Å². The van der Waals surface area contributed by atoms with Crippen LogP contribution in [-0.4, -0.2) is 29.9 Å². The summed E-state index contributed by atoms with van der Waals surface area (Å²) in [6, 6.07) is 3.91. The van der Waals surface area contributed by atoms with Crippen LogP contribution in [0.3, 0.4) is 0 Å². The quantitative estimate of drug-likeness (QED) is 0.645. The summed E-state index contributed by atoms with van der Waals surface area (Å²) in [7, 11) is 1.73. The van der Waals surface area contributed by atoms with Crippen LogP contribution in [0.2, 0.25) is 0 Å². The molecule has 0 aliphatic rings. The van der Waals surface area contributed by atoms with Crippen molar-refractivity contribution in [1.82, 2.24) is 10.2 Å². The number of carbonyl (C=O) groups excluding carboxylic acids is 1. The van der Waals surface area contributed by atoms with Crippen LogP contribution in [0, 0.1) is 0 Å². The van der Waals surface area contributed by atoms with E-state index in [-0.39, 0.29) is 5.91 Å². The number of carbonyl (C=O) groups is 1. The van der Waals surface area contributed by atoms with Crippen molar-refractivity contribution >= 4 is 41.0 Å². The predicted octanol–water partition coefficient (Wildman–Crippen LogP) is 2.11. The Hall–Kier alpha value is -1.20. The van der Waals surface area contributed by atoms with Gasteiger partial charge in [-0.3, -0.25) is 4.79 Å². The minimum Gasteiger partial charge on any atom is -0.384 e. The van der Waals surface area contributed by atoms with Crippen LogP contribution in [0.25, 0.3) is 6.08 Å². The molecular weight excluding hydrogens is 240 g/mol. The second-order valence-corrected chi connectivity index (χ2v) is 4.21. The number of amides is 1. The fourth-order valence-electron chi connectivity index (χ4n) is 1.18. The van der Waals surface area contributed by atoms with Crippen molar-refractivity contribution in [2.24, 2.45) is 0 Å². The zero-order chi connectivity index (χ0) is 12.0. The van der Waals surface area contributed by atoms with E-state index in [4.69, 9.17) is 12.2 Å². The highest BCUT2D eigenvalue weighted by molar-refractivity contribution is 7.78. The van der Waals surface area contributed by atoms with E-state index in [9.17, 15) is 4.79 Å². The molecule has 1 aromatic heterocycles. The van der Waals surface area contributed by atoms with Crippen LogP contribution < -0.4 is 5.32 Å². The van der Waals surface area contributed by atoms with E-state index in [0.717, 1.165) is 4.88 Å². The van der Waals surface area contributed by atoms with Crippen molar-refractivity contribution in [3.63, 3.8) is 0 Å².